The van der Waals surface area contributed by atoms with Crippen LogP contribution in [-0.2, 0) is 9.53 Å². The molecule has 1 atom stereocenters. The second-order valence-electron chi connectivity index (χ2n) is 4.31. The van der Waals surface area contributed by atoms with Gasteiger partial charge in [0.25, 0.3) is 5.91 Å². The number of methoxy groups -OCH3 is 1. The van der Waals surface area contributed by atoms with E-state index in [0.717, 1.165) is 18.2 Å². The predicted octanol–water partition coefficient (Wildman–Crippen LogP) is 1.89. The lowest BCUT2D eigenvalue weighted by molar-refractivity contribution is -0.144. The number of esters is 1. The zero-order valence-electron chi connectivity index (χ0n) is 10.9. The van der Waals surface area contributed by atoms with Gasteiger partial charge < -0.3 is 10.1 Å². The van der Waals surface area contributed by atoms with E-state index < -0.39 is 35.1 Å². The molecule has 0 radical (unpaired) electrons. The van der Waals surface area contributed by atoms with E-state index in [0.29, 0.717) is 0 Å². The van der Waals surface area contributed by atoms with Gasteiger partial charge in [0.1, 0.15) is 23.2 Å². The summed E-state index contributed by atoms with van der Waals surface area (Å²) in [6, 6.07) is 2.14. The summed E-state index contributed by atoms with van der Waals surface area (Å²) in [6.07, 6.45) is 0. The molecule has 1 unspecified atom stereocenters. The van der Waals surface area contributed by atoms with Crippen molar-refractivity contribution in [2.24, 2.45) is 5.92 Å². The molecule has 6 heteroatoms. The predicted molar refractivity (Wildman–Crippen MR) is 64.5 cm³/mol. The smallest absolute Gasteiger partial charge is 0.328 e. The molecule has 0 aliphatic rings. The first-order valence-corrected chi connectivity index (χ1v) is 5.71. The van der Waals surface area contributed by atoms with Crippen molar-refractivity contribution in [2.75, 3.05) is 7.11 Å². The molecule has 0 bridgehead atoms. The van der Waals surface area contributed by atoms with E-state index in [4.69, 9.17) is 0 Å². The molecule has 4 nitrogen and oxygen atoms in total. The van der Waals surface area contributed by atoms with E-state index in [2.05, 4.69) is 10.1 Å². The van der Waals surface area contributed by atoms with Crippen LogP contribution in [0.1, 0.15) is 24.2 Å². The lowest BCUT2D eigenvalue weighted by Crippen LogP contribution is -2.45. The highest BCUT2D eigenvalue weighted by Crippen LogP contribution is 2.13. The molecule has 0 saturated carbocycles. The van der Waals surface area contributed by atoms with Gasteiger partial charge in [-0.15, -0.1) is 0 Å². The van der Waals surface area contributed by atoms with Gasteiger partial charge in [-0.1, -0.05) is 19.9 Å². The number of ether oxygens (including phenoxy) is 1. The summed E-state index contributed by atoms with van der Waals surface area (Å²) in [5, 5.41) is 2.27. The number of halogens is 2. The first-order valence-electron chi connectivity index (χ1n) is 5.71. The maximum Gasteiger partial charge on any atom is 0.328 e. The monoisotopic (exact) mass is 271 g/mol. The molecule has 0 saturated heterocycles. The Kier molecular flexibility index (Phi) is 4.97. The second-order valence-corrected chi connectivity index (χ2v) is 4.31. The minimum absolute atomic E-state index is 0.272. The number of hydrogen-bond acceptors (Lipinski definition) is 3. The van der Waals surface area contributed by atoms with Crippen molar-refractivity contribution in [1.82, 2.24) is 5.32 Å². The normalized spacial score (nSPS) is 12.1. The van der Waals surface area contributed by atoms with E-state index in [1.54, 1.807) is 13.8 Å². The molecule has 0 fully saturated rings. The quantitative estimate of drug-likeness (QED) is 0.851. The zero-order valence-corrected chi connectivity index (χ0v) is 10.9. The lowest BCUT2D eigenvalue weighted by atomic mass is 10.0. The van der Waals surface area contributed by atoms with Crippen molar-refractivity contribution >= 4 is 11.9 Å². The van der Waals surface area contributed by atoms with Crippen LogP contribution in [0.2, 0.25) is 0 Å². The summed E-state index contributed by atoms with van der Waals surface area (Å²) in [5.74, 6) is -3.89. The number of rotatable bonds is 4. The second kappa shape index (κ2) is 6.26. The zero-order chi connectivity index (χ0) is 14.6. The van der Waals surface area contributed by atoms with E-state index in [9.17, 15) is 18.4 Å². The van der Waals surface area contributed by atoms with Crippen LogP contribution in [-0.4, -0.2) is 25.0 Å². The Morgan fingerprint density at radius 3 is 2.16 bits per heavy atom. The van der Waals surface area contributed by atoms with Crippen LogP contribution in [0.3, 0.4) is 0 Å². The minimum Gasteiger partial charge on any atom is -0.467 e. The van der Waals surface area contributed by atoms with E-state index in [1.165, 1.54) is 7.11 Å². The Morgan fingerprint density at radius 2 is 1.74 bits per heavy atom. The molecular formula is C13H15F2NO3. The fraction of sp³-hybridized carbons (Fsp3) is 0.385. The molecule has 1 amide bonds. The molecule has 1 aromatic carbocycles. The van der Waals surface area contributed by atoms with Crippen LogP contribution in [0.5, 0.6) is 0 Å². The highest BCUT2D eigenvalue weighted by Gasteiger charge is 2.27. The molecule has 0 spiro atoms. The van der Waals surface area contributed by atoms with Gasteiger partial charge >= 0.3 is 5.97 Å². The summed E-state index contributed by atoms with van der Waals surface area (Å²) in [7, 11) is 1.17. The summed E-state index contributed by atoms with van der Waals surface area (Å²) in [4.78, 5) is 23.3. The van der Waals surface area contributed by atoms with Gasteiger partial charge in [0.15, 0.2) is 0 Å². The van der Waals surface area contributed by atoms with E-state index in [1.807, 2.05) is 0 Å². The highest BCUT2D eigenvalue weighted by atomic mass is 19.1. The average molecular weight is 271 g/mol. The van der Waals surface area contributed by atoms with Gasteiger partial charge in [-0.3, -0.25) is 4.79 Å². The topological polar surface area (TPSA) is 55.4 Å². The fourth-order valence-electron chi connectivity index (χ4n) is 1.55. The molecule has 0 aromatic heterocycles. The molecule has 0 aliphatic carbocycles. The molecule has 1 aromatic rings. The molecule has 1 rings (SSSR count). The van der Waals surface area contributed by atoms with Crippen molar-refractivity contribution in [2.45, 2.75) is 19.9 Å². The van der Waals surface area contributed by atoms with Crippen LogP contribution < -0.4 is 5.32 Å². The fourth-order valence-corrected chi connectivity index (χ4v) is 1.55. The summed E-state index contributed by atoms with van der Waals surface area (Å²) in [6.45, 7) is 3.36. The van der Waals surface area contributed by atoms with Gasteiger partial charge in [-0.05, 0) is 18.1 Å². The van der Waals surface area contributed by atoms with Crippen molar-refractivity contribution < 1.29 is 23.1 Å². The minimum atomic E-state index is -0.986. The van der Waals surface area contributed by atoms with Crippen LogP contribution in [0.15, 0.2) is 18.2 Å². The molecule has 1 N–H and O–H groups in total. The van der Waals surface area contributed by atoms with Crippen LogP contribution in [0, 0.1) is 17.6 Å². The third-order valence-electron chi connectivity index (χ3n) is 2.60. The number of nitrogens with one attached hydrogen (secondary N) is 1. The van der Waals surface area contributed by atoms with Gasteiger partial charge in [0.05, 0.1) is 7.11 Å². The van der Waals surface area contributed by atoms with Crippen LogP contribution in [0.4, 0.5) is 8.78 Å². The van der Waals surface area contributed by atoms with Crippen LogP contribution >= 0.6 is 0 Å². The lowest BCUT2D eigenvalue weighted by Gasteiger charge is -2.20. The summed E-state index contributed by atoms with van der Waals surface area (Å²) < 4.78 is 31.4. The number of carbonyl (C=O) groups excluding carboxylic acids is 2. The summed E-state index contributed by atoms with van der Waals surface area (Å²) in [5.41, 5.74) is -0.711. The number of amides is 1. The van der Waals surface area contributed by atoms with Crippen molar-refractivity contribution in [3.05, 3.63) is 35.4 Å². The van der Waals surface area contributed by atoms with Crippen molar-refractivity contribution in [3.63, 3.8) is 0 Å². The summed E-state index contributed by atoms with van der Waals surface area (Å²) >= 11 is 0. The van der Waals surface area contributed by atoms with E-state index >= 15 is 0 Å². The third kappa shape index (κ3) is 3.49. The Morgan fingerprint density at radius 1 is 1.21 bits per heavy atom. The molecule has 19 heavy (non-hydrogen) atoms. The van der Waals surface area contributed by atoms with Crippen molar-refractivity contribution in [1.29, 1.82) is 0 Å². The Hall–Kier alpha value is -1.98. The van der Waals surface area contributed by atoms with Gasteiger partial charge in [-0.25, -0.2) is 13.6 Å². The molecule has 104 valence electrons. The first kappa shape index (κ1) is 15.1. The molecular weight excluding hydrogens is 256 g/mol. The number of benzene rings is 1. The van der Waals surface area contributed by atoms with Crippen LogP contribution in [0.25, 0.3) is 0 Å². The number of hydrogen-bond donors (Lipinski definition) is 1. The largest absolute Gasteiger partial charge is 0.467 e. The Balaban J connectivity index is 2.98. The third-order valence-corrected chi connectivity index (χ3v) is 2.60. The maximum absolute atomic E-state index is 13.4. The van der Waals surface area contributed by atoms with E-state index in [-0.39, 0.29) is 5.92 Å². The van der Waals surface area contributed by atoms with Gasteiger partial charge in [0, 0.05) is 0 Å². The highest BCUT2D eigenvalue weighted by molar-refractivity contribution is 5.97. The standard InChI is InChI=1S/C13H15F2NO3/c1-7(2)11(13(18)19-3)16-12(17)10-8(14)5-4-6-9(10)15/h4-7,11H,1-3H3,(H,16,17). The van der Waals surface area contributed by atoms with Gasteiger partial charge in [0.2, 0.25) is 0 Å². The van der Waals surface area contributed by atoms with Crippen molar-refractivity contribution in [3.8, 4) is 0 Å². The number of carbonyl (C=O) groups is 2. The Labute approximate surface area is 109 Å². The SMILES string of the molecule is COC(=O)C(NC(=O)c1c(F)cccc1F)C(C)C. The first-order chi connectivity index (χ1) is 8.88. The molecule has 0 aliphatic heterocycles. The van der Waals surface area contributed by atoms with Gasteiger partial charge in [-0.2, -0.15) is 0 Å². The maximum atomic E-state index is 13.4. The average Bonchev–Trinajstić information content (AvgIpc) is 2.34. The Bertz CT molecular complexity index is 469. The molecule has 0 heterocycles.